The Hall–Kier alpha value is -4.07. The number of carbonyl (C=O) groups is 3. The van der Waals surface area contributed by atoms with Crippen LogP contribution >= 0.6 is 0 Å². The first-order valence-corrected chi connectivity index (χ1v) is 11.7. The van der Waals surface area contributed by atoms with E-state index in [0.29, 0.717) is 26.2 Å². The molecule has 0 saturated carbocycles. The molecule has 2 aliphatic heterocycles. The molecule has 180 valence electrons. The number of fused-ring (bicyclic) bond motifs is 1. The lowest BCUT2D eigenvalue weighted by Crippen LogP contribution is -2.52. The smallest absolute Gasteiger partial charge is 0.325 e. The van der Waals surface area contributed by atoms with Crippen LogP contribution in [0.1, 0.15) is 12.5 Å². The zero-order chi connectivity index (χ0) is 24.6. The predicted octanol–water partition coefficient (Wildman–Crippen LogP) is 2.96. The molecule has 3 aromatic carbocycles. The second kappa shape index (κ2) is 8.94. The van der Waals surface area contributed by atoms with E-state index in [0.717, 1.165) is 32.7 Å². The van der Waals surface area contributed by atoms with Gasteiger partial charge in [0, 0.05) is 31.9 Å². The number of hydrogen-bond acceptors (Lipinski definition) is 5. The van der Waals surface area contributed by atoms with Gasteiger partial charge in [-0.05, 0) is 47.5 Å². The van der Waals surface area contributed by atoms with E-state index in [1.165, 1.54) is 0 Å². The number of piperazine rings is 1. The van der Waals surface area contributed by atoms with Crippen LogP contribution in [0.5, 0.6) is 5.75 Å². The maximum atomic E-state index is 13.4. The molecule has 2 heterocycles. The highest BCUT2D eigenvalue weighted by Gasteiger charge is 2.50. The summed E-state index contributed by atoms with van der Waals surface area (Å²) in [6.45, 7) is 3.82. The molecule has 4 amide bonds. The van der Waals surface area contributed by atoms with E-state index in [1.807, 2.05) is 66.7 Å². The van der Waals surface area contributed by atoms with Crippen LogP contribution in [0, 0.1) is 0 Å². The highest BCUT2D eigenvalue weighted by molar-refractivity contribution is 6.10. The molecule has 0 unspecified atom stereocenters. The summed E-state index contributed by atoms with van der Waals surface area (Å²) >= 11 is 0. The summed E-state index contributed by atoms with van der Waals surface area (Å²) in [5.74, 6) is 0.153. The SMILES string of the molecule is COc1ccc(N2CCN(C(=O)CN3C(=O)N[C@@](C)(c4cccc5ccccc45)C3=O)CC2)cc1. The summed E-state index contributed by atoms with van der Waals surface area (Å²) in [5, 5.41) is 4.71. The minimum absolute atomic E-state index is 0.231. The van der Waals surface area contributed by atoms with Crippen molar-refractivity contribution in [1.29, 1.82) is 0 Å². The summed E-state index contributed by atoms with van der Waals surface area (Å²) in [5.41, 5.74) is 0.556. The standard InChI is InChI=1S/C27H28N4O4/c1-27(23-9-5-7-19-6-3-4-8-22(19)23)25(33)31(26(34)28-27)18-24(32)30-16-14-29(15-17-30)20-10-12-21(35-2)13-11-20/h3-13H,14-18H2,1-2H3,(H,28,34)/t27-/m0/s1. The van der Waals surface area contributed by atoms with Gasteiger partial charge in [0.2, 0.25) is 5.91 Å². The van der Waals surface area contributed by atoms with Crippen molar-refractivity contribution in [2.24, 2.45) is 0 Å². The first kappa shape index (κ1) is 22.7. The molecule has 0 aromatic heterocycles. The molecule has 8 heteroatoms. The number of nitrogens with zero attached hydrogens (tertiary/aromatic N) is 3. The Bertz CT molecular complexity index is 1280. The molecular formula is C27H28N4O4. The predicted molar refractivity (Wildman–Crippen MR) is 133 cm³/mol. The number of urea groups is 1. The van der Waals surface area contributed by atoms with E-state index in [4.69, 9.17) is 4.74 Å². The number of methoxy groups -OCH3 is 1. The van der Waals surface area contributed by atoms with Crippen molar-refractivity contribution >= 4 is 34.3 Å². The first-order valence-electron chi connectivity index (χ1n) is 11.7. The Labute approximate surface area is 204 Å². The number of nitrogens with one attached hydrogen (secondary N) is 1. The molecule has 35 heavy (non-hydrogen) atoms. The Morgan fingerprint density at radius 1 is 0.943 bits per heavy atom. The van der Waals surface area contributed by atoms with Crippen molar-refractivity contribution in [2.75, 3.05) is 44.7 Å². The fourth-order valence-electron chi connectivity index (χ4n) is 4.93. The number of anilines is 1. The zero-order valence-electron chi connectivity index (χ0n) is 19.9. The number of benzene rings is 3. The minimum atomic E-state index is -1.23. The third-order valence-electron chi connectivity index (χ3n) is 6.97. The van der Waals surface area contributed by atoms with Crippen molar-refractivity contribution in [1.82, 2.24) is 15.1 Å². The van der Waals surface area contributed by atoms with E-state index in [2.05, 4.69) is 10.2 Å². The molecule has 1 atom stereocenters. The third kappa shape index (κ3) is 4.05. The molecule has 2 aliphatic rings. The Morgan fingerprint density at radius 3 is 2.34 bits per heavy atom. The number of rotatable bonds is 5. The van der Waals surface area contributed by atoms with Gasteiger partial charge in [0.05, 0.1) is 7.11 Å². The molecule has 2 saturated heterocycles. The highest BCUT2D eigenvalue weighted by Crippen LogP contribution is 2.34. The van der Waals surface area contributed by atoms with Gasteiger partial charge >= 0.3 is 6.03 Å². The second-order valence-electron chi connectivity index (χ2n) is 9.04. The highest BCUT2D eigenvalue weighted by atomic mass is 16.5. The van der Waals surface area contributed by atoms with Gasteiger partial charge in [-0.3, -0.25) is 14.5 Å². The van der Waals surface area contributed by atoms with E-state index >= 15 is 0 Å². The van der Waals surface area contributed by atoms with Gasteiger partial charge in [-0.1, -0.05) is 42.5 Å². The molecule has 3 aromatic rings. The van der Waals surface area contributed by atoms with Crippen LogP contribution < -0.4 is 15.0 Å². The third-order valence-corrected chi connectivity index (χ3v) is 6.97. The maximum Gasteiger partial charge on any atom is 0.325 e. The largest absolute Gasteiger partial charge is 0.497 e. The molecule has 1 N–H and O–H groups in total. The first-order chi connectivity index (χ1) is 16.9. The molecule has 8 nitrogen and oxygen atoms in total. The topological polar surface area (TPSA) is 82.2 Å². The molecule has 0 aliphatic carbocycles. The van der Waals surface area contributed by atoms with Crippen LogP contribution in [0.25, 0.3) is 10.8 Å². The van der Waals surface area contributed by atoms with Crippen molar-refractivity contribution in [3.8, 4) is 5.75 Å². The number of carbonyl (C=O) groups excluding carboxylic acids is 3. The summed E-state index contributed by atoms with van der Waals surface area (Å²) in [6, 6.07) is 20.7. The summed E-state index contributed by atoms with van der Waals surface area (Å²) in [4.78, 5) is 44.3. The van der Waals surface area contributed by atoms with Gasteiger partial charge in [-0.2, -0.15) is 0 Å². The monoisotopic (exact) mass is 472 g/mol. The van der Waals surface area contributed by atoms with Crippen LogP contribution in [-0.2, 0) is 15.1 Å². The van der Waals surface area contributed by atoms with Crippen molar-refractivity contribution in [3.05, 3.63) is 72.3 Å². The summed E-state index contributed by atoms with van der Waals surface area (Å²) in [7, 11) is 1.63. The lowest BCUT2D eigenvalue weighted by Gasteiger charge is -2.36. The maximum absolute atomic E-state index is 13.4. The summed E-state index contributed by atoms with van der Waals surface area (Å²) < 4.78 is 5.21. The van der Waals surface area contributed by atoms with Crippen molar-refractivity contribution in [3.63, 3.8) is 0 Å². The quantitative estimate of drug-likeness (QED) is 0.578. The van der Waals surface area contributed by atoms with E-state index < -0.39 is 17.5 Å². The van der Waals surface area contributed by atoms with Gasteiger partial charge in [0.15, 0.2) is 0 Å². The number of hydrogen-bond donors (Lipinski definition) is 1. The van der Waals surface area contributed by atoms with E-state index in [9.17, 15) is 14.4 Å². The summed E-state index contributed by atoms with van der Waals surface area (Å²) in [6.07, 6.45) is 0. The molecule has 0 spiro atoms. The van der Waals surface area contributed by atoms with Crippen LogP contribution in [0.15, 0.2) is 66.7 Å². The lowest BCUT2D eigenvalue weighted by molar-refractivity contribution is -0.139. The molecule has 0 radical (unpaired) electrons. The van der Waals surface area contributed by atoms with Crippen LogP contribution in [-0.4, -0.2) is 67.5 Å². The molecule has 5 rings (SSSR count). The molecule has 0 bridgehead atoms. The fourth-order valence-corrected chi connectivity index (χ4v) is 4.93. The lowest BCUT2D eigenvalue weighted by atomic mass is 9.88. The minimum Gasteiger partial charge on any atom is -0.497 e. The number of amides is 4. The molecular weight excluding hydrogens is 444 g/mol. The Kier molecular flexibility index (Phi) is 5.80. The Balaban J connectivity index is 1.26. The fraction of sp³-hybridized carbons (Fsp3) is 0.296. The number of imide groups is 1. The van der Waals surface area contributed by atoms with E-state index in [1.54, 1.807) is 18.9 Å². The van der Waals surface area contributed by atoms with Crippen LogP contribution in [0.3, 0.4) is 0 Å². The average Bonchev–Trinajstić information content (AvgIpc) is 3.12. The zero-order valence-corrected chi connectivity index (χ0v) is 19.9. The average molecular weight is 473 g/mol. The van der Waals surface area contributed by atoms with Crippen LogP contribution in [0.4, 0.5) is 10.5 Å². The van der Waals surface area contributed by atoms with Gasteiger partial charge in [0.1, 0.15) is 17.8 Å². The van der Waals surface area contributed by atoms with Crippen molar-refractivity contribution < 1.29 is 19.1 Å². The van der Waals surface area contributed by atoms with Gasteiger partial charge < -0.3 is 19.9 Å². The number of ether oxygens (including phenoxy) is 1. The Morgan fingerprint density at radius 2 is 1.63 bits per heavy atom. The van der Waals surface area contributed by atoms with E-state index in [-0.39, 0.29) is 12.5 Å². The normalized spacial score (nSPS) is 20.3. The second-order valence-corrected chi connectivity index (χ2v) is 9.04. The van der Waals surface area contributed by atoms with Gasteiger partial charge in [0.25, 0.3) is 5.91 Å². The molecule has 2 fully saturated rings. The van der Waals surface area contributed by atoms with Gasteiger partial charge in [-0.25, -0.2) is 4.79 Å². The van der Waals surface area contributed by atoms with Gasteiger partial charge in [-0.15, -0.1) is 0 Å². The van der Waals surface area contributed by atoms with Crippen molar-refractivity contribution in [2.45, 2.75) is 12.5 Å². The van der Waals surface area contributed by atoms with Crippen LogP contribution in [0.2, 0.25) is 0 Å².